The first-order valence-corrected chi connectivity index (χ1v) is 5.51. The molecule has 17 heavy (non-hydrogen) atoms. The van der Waals surface area contributed by atoms with Gasteiger partial charge in [-0.05, 0) is 18.1 Å². The fourth-order valence-electron chi connectivity index (χ4n) is 2.29. The van der Waals surface area contributed by atoms with E-state index >= 15 is 0 Å². The van der Waals surface area contributed by atoms with E-state index in [0.29, 0.717) is 12.2 Å². The van der Waals surface area contributed by atoms with E-state index in [1.807, 2.05) is 18.2 Å². The van der Waals surface area contributed by atoms with Crippen LogP contribution in [-0.2, 0) is 22.4 Å². The molecule has 1 N–H and O–H groups in total. The molecule has 0 saturated carbocycles. The van der Waals surface area contributed by atoms with Gasteiger partial charge in [-0.3, -0.25) is 9.59 Å². The van der Waals surface area contributed by atoms with E-state index in [4.69, 9.17) is 9.84 Å². The van der Waals surface area contributed by atoms with Crippen molar-refractivity contribution in [1.82, 2.24) is 0 Å². The largest absolute Gasteiger partial charge is 0.496 e. The zero-order chi connectivity index (χ0) is 12.4. The van der Waals surface area contributed by atoms with Gasteiger partial charge in [-0.15, -0.1) is 0 Å². The highest BCUT2D eigenvalue weighted by molar-refractivity contribution is 5.89. The molecule has 4 heteroatoms. The fourth-order valence-corrected chi connectivity index (χ4v) is 2.29. The maximum Gasteiger partial charge on any atom is 0.304 e. The molecule has 0 saturated heterocycles. The molecule has 0 amide bonds. The monoisotopic (exact) mass is 234 g/mol. The first kappa shape index (κ1) is 11.6. The van der Waals surface area contributed by atoms with E-state index < -0.39 is 11.9 Å². The minimum Gasteiger partial charge on any atom is -0.496 e. The lowest BCUT2D eigenvalue weighted by Crippen LogP contribution is -2.27. The molecule has 0 aliphatic heterocycles. The first-order valence-electron chi connectivity index (χ1n) is 5.51. The molecule has 4 nitrogen and oxygen atoms in total. The number of carboxylic acids is 1. The van der Waals surface area contributed by atoms with Gasteiger partial charge in [-0.2, -0.15) is 0 Å². The van der Waals surface area contributed by atoms with E-state index in [1.54, 1.807) is 7.11 Å². The molecule has 1 unspecified atom stereocenters. The van der Waals surface area contributed by atoms with Crippen LogP contribution in [0.15, 0.2) is 18.2 Å². The molecule has 0 fully saturated rings. The van der Waals surface area contributed by atoms with Crippen LogP contribution in [0.2, 0.25) is 0 Å². The van der Waals surface area contributed by atoms with Gasteiger partial charge in [0.1, 0.15) is 11.5 Å². The number of ether oxygens (including phenoxy) is 1. The summed E-state index contributed by atoms with van der Waals surface area (Å²) in [4.78, 5) is 22.5. The maximum absolute atomic E-state index is 11.8. The van der Waals surface area contributed by atoms with Gasteiger partial charge < -0.3 is 9.84 Å². The Kier molecular flexibility index (Phi) is 3.13. The van der Waals surface area contributed by atoms with Crippen molar-refractivity contribution < 1.29 is 19.4 Å². The van der Waals surface area contributed by atoms with Crippen molar-refractivity contribution in [3.05, 3.63) is 29.3 Å². The molecule has 0 aromatic heterocycles. The molecule has 1 aliphatic carbocycles. The van der Waals surface area contributed by atoms with Crippen molar-refractivity contribution in [2.24, 2.45) is 5.92 Å². The topological polar surface area (TPSA) is 63.6 Å². The van der Waals surface area contributed by atoms with Gasteiger partial charge in [-0.25, -0.2) is 0 Å². The molecule has 2 rings (SSSR count). The van der Waals surface area contributed by atoms with Crippen molar-refractivity contribution >= 4 is 11.8 Å². The highest BCUT2D eigenvalue weighted by Gasteiger charge is 2.29. The summed E-state index contributed by atoms with van der Waals surface area (Å²) in [6, 6.07) is 5.62. The summed E-state index contributed by atoms with van der Waals surface area (Å²) in [5.74, 6) is -0.615. The minimum atomic E-state index is -0.922. The highest BCUT2D eigenvalue weighted by Crippen LogP contribution is 2.31. The van der Waals surface area contributed by atoms with Gasteiger partial charge >= 0.3 is 5.97 Å². The Morgan fingerprint density at radius 3 is 2.94 bits per heavy atom. The Hall–Kier alpha value is -1.84. The molecular formula is C13H14O4. The maximum atomic E-state index is 11.8. The van der Waals surface area contributed by atoms with Crippen molar-refractivity contribution in [1.29, 1.82) is 0 Å². The van der Waals surface area contributed by atoms with Crippen molar-refractivity contribution in [2.45, 2.75) is 19.3 Å². The third-order valence-corrected chi connectivity index (χ3v) is 3.14. The smallest absolute Gasteiger partial charge is 0.304 e. The lowest BCUT2D eigenvalue weighted by molar-refractivity contribution is -0.140. The molecule has 0 heterocycles. The minimum absolute atomic E-state index is 0.00981. The molecule has 90 valence electrons. The number of rotatable bonds is 3. The van der Waals surface area contributed by atoms with Crippen LogP contribution in [0.3, 0.4) is 0 Å². The Bertz CT molecular complexity index is 464. The summed E-state index contributed by atoms with van der Waals surface area (Å²) in [6.45, 7) is 0. The van der Waals surface area contributed by atoms with E-state index in [1.165, 1.54) is 0 Å². The lowest BCUT2D eigenvalue weighted by Gasteiger charge is -2.23. The summed E-state index contributed by atoms with van der Waals surface area (Å²) in [7, 11) is 1.57. The molecule has 1 aromatic rings. The van der Waals surface area contributed by atoms with E-state index in [2.05, 4.69) is 0 Å². The molecule has 0 spiro atoms. The van der Waals surface area contributed by atoms with Crippen LogP contribution in [0.25, 0.3) is 0 Å². The van der Waals surface area contributed by atoms with E-state index in [9.17, 15) is 9.59 Å². The van der Waals surface area contributed by atoms with Crippen LogP contribution >= 0.6 is 0 Å². The molecule has 0 radical (unpaired) electrons. The average molecular weight is 234 g/mol. The number of ketones is 1. The molecule has 1 aromatic carbocycles. The number of fused-ring (bicyclic) bond motifs is 1. The van der Waals surface area contributed by atoms with Gasteiger partial charge in [0.05, 0.1) is 13.5 Å². The Morgan fingerprint density at radius 2 is 2.29 bits per heavy atom. The fraction of sp³-hybridized carbons (Fsp3) is 0.385. The number of carbonyl (C=O) groups excluding carboxylic acids is 1. The lowest BCUT2D eigenvalue weighted by atomic mass is 9.81. The van der Waals surface area contributed by atoms with Crippen LogP contribution in [0, 0.1) is 5.92 Å². The van der Waals surface area contributed by atoms with Gasteiger partial charge in [0.2, 0.25) is 0 Å². The summed E-state index contributed by atoms with van der Waals surface area (Å²) in [5.41, 5.74) is 1.93. The van der Waals surface area contributed by atoms with Crippen molar-refractivity contribution in [3.63, 3.8) is 0 Å². The second-order valence-corrected chi connectivity index (χ2v) is 4.24. The SMILES string of the molecule is COc1cccc2c1CC(=O)C(CC(=O)O)C2. The molecule has 1 atom stereocenters. The third-order valence-electron chi connectivity index (χ3n) is 3.14. The number of hydrogen-bond donors (Lipinski definition) is 1. The Morgan fingerprint density at radius 1 is 1.53 bits per heavy atom. The van der Waals surface area contributed by atoms with Crippen molar-refractivity contribution in [3.8, 4) is 5.75 Å². The van der Waals surface area contributed by atoms with Crippen LogP contribution < -0.4 is 4.74 Å². The molecule has 1 aliphatic rings. The molecule has 0 bridgehead atoms. The van der Waals surface area contributed by atoms with Gasteiger partial charge in [-0.1, -0.05) is 12.1 Å². The predicted octanol–water partition coefficient (Wildman–Crippen LogP) is 1.45. The number of aliphatic carboxylic acids is 1. The Labute approximate surface area is 99.2 Å². The second-order valence-electron chi connectivity index (χ2n) is 4.24. The summed E-state index contributed by atoms with van der Waals surface area (Å²) in [5, 5.41) is 8.76. The first-order chi connectivity index (χ1) is 8.11. The number of carbonyl (C=O) groups is 2. The van der Waals surface area contributed by atoms with E-state index in [-0.39, 0.29) is 18.6 Å². The third kappa shape index (κ3) is 2.30. The number of methoxy groups -OCH3 is 1. The number of carboxylic acid groups (broad SMARTS) is 1. The number of Topliss-reactive ketones (excluding diaryl/α,β-unsaturated/α-hetero) is 1. The van der Waals surface area contributed by atoms with Gasteiger partial charge in [0.15, 0.2) is 0 Å². The van der Waals surface area contributed by atoms with Gasteiger partial charge in [0, 0.05) is 17.9 Å². The van der Waals surface area contributed by atoms with Crippen LogP contribution in [-0.4, -0.2) is 24.0 Å². The normalized spacial score (nSPS) is 18.6. The standard InChI is InChI=1S/C13H14O4/c1-17-12-4-2-3-8-5-9(6-13(15)16)11(14)7-10(8)12/h2-4,9H,5-7H2,1H3,(H,15,16). The second kappa shape index (κ2) is 4.57. The van der Waals surface area contributed by atoms with Crippen LogP contribution in [0.5, 0.6) is 5.75 Å². The summed E-state index contributed by atoms with van der Waals surface area (Å²) in [6.07, 6.45) is 0.685. The Balaban J connectivity index is 2.29. The summed E-state index contributed by atoms with van der Waals surface area (Å²) < 4.78 is 5.21. The van der Waals surface area contributed by atoms with Gasteiger partial charge in [0.25, 0.3) is 0 Å². The van der Waals surface area contributed by atoms with E-state index in [0.717, 1.165) is 11.1 Å². The predicted molar refractivity (Wildman–Crippen MR) is 61.2 cm³/mol. The van der Waals surface area contributed by atoms with Crippen LogP contribution in [0.1, 0.15) is 17.5 Å². The number of benzene rings is 1. The zero-order valence-corrected chi connectivity index (χ0v) is 9.60. The summed E-state index contributed by atoms with van der Waals surface area (Å²) >= 11 is 0. The van der Waals surface area contributed by atoms with Crippen molar-refractivity contribution in [2.75, 3.05) is 7.11 Å². The highest BCUT2D eigenvalue weighted by atomic mass is 16.5. The average Bonchev–Trinajstić information content (AvgIpc) is 2.29. The van der Waals surface area contributed by atoms with Crippen LogP contribution in [0.4, 0.5) is 0 Å². The zero-order valence-electron chi connectivity index (χ0n) is 9.60. The quantitative estimate of drug-likeness (QED) is 0.859. The molecular weight excluding hydrogens is 220 g/mol. The number of hydrogen-bond acceptors (Lipinski definition) is 3.